The Hall–Kier alpha value is -0.610. The Morgan fingerprint density at radius 1 is 0.846 bits per heavy atom. The van der Waals surface area contributed by atoms with E-state index >= 15 is 0 Å². The Morgan fingerprint density at radius 2 is 1.27 bits per heavy atom. The smallest absolute Gasteiger partial charge is 0.370 e. The largest absolute Gasteiger partial charge is 0.477 e. The number of aliphatic carboxylic acids is 1. The van der Waals surface area contributed by atoms with Crippen molar-refractivity contribution >= 4 is 5.97 Å². The van der Waals surface area contributed by atoms with Crippen molar-refractivity contribution < 1.29 is 19.7 Å². The Kier molecular flexibility index (Phi) is 7.75. The molecule has 1 heterocycles. The van der Waals surface area contributed by atoms with E-state index in [0.29, 0.717) is 0 Å². The molecule has 26 heavy (non-hydrogen) atoms. The van der Waals surface area contributed by atoms with Gasteiger partial charge in [0.25, 0.3) is 0 Å². The molecule has 1 rings (SSSR count). The summed E-state index contributed by atoms with van der Waals surface area (Å²) in [4.78, 5) is 22.3. The fourth-order valence-electron chi connectivity index (χ4n) is 4.72. The van der Waals surface area contributed by atoms with Crippen molar-refractivity contribution in [3.8, 4) is 0 Å². The van der Waals surface area contributed by atoms with Gasteiger partial charge in [-0.1, -0.05) is 100 Å². The summed E-state index contributed by atoms with van der Waals surface area (Å²) in [6.07, 6.45) is 9.31. The minimum Gasteiger partial charge on any atom is -0.477 e. The van der Waals surface area contributed by atoms with Gasteiger partial charge in [-0.25, -0.2) is 4.79 Å². The van der Waals surface area contributed by atoms with Crippen LogP contribution in [0.1, 0.15) is 107 Å². The molecule has 0 aromatic heterocycles. The fourth-order valence-corrected chi connectivity index (χ4v) is 4.72. The first kappa shape index (κ1) is 23.4. The normalized spacial score (nSPS) is 18.6. The van der Waals surface area contributed by atoms with Crippen molar-refractivity contribution in [2.45, 2.75) is 113 Å². The predicted octanol–water partition coefficient (Wildman–Crippen LogP) is 6.58. The summed E-state index contributed by atoms with van der Waals surface area (Å²) in [6.45, 7) is 17.7. The number of carbonyl (C=O) groups is 1. The van der Waals surface area contributed by atoms with Crippen LogP contribution in [0.15, 0.2) is 0 Å². The van der Waals surface area contributed by atoms with Crippen LogP contribution in [0.4, 0.5) is 0 Å². The first-order valence-corrected chi connectivity index (χ1v) is 10.4. The highest BCUT2D eigenvalue weighted by Crippen LogP contribution is 2.63. The van der Waals surface area contributed by atoms with Crippen LogP contribution in [0.5, 0.6) is 0 Å². The molecular weight excluding hydrogens is 328 g/mol. The van der Waals surface area contributed by atoms with E-state index < -0.39 is 11.8 Å². The second kappa shape index (κ2) is 8.60. The topological polar surface area (TPSA) is 62.4 Å². The zero-order valence-corrected chi connectivity index (χ0v) is 18.4. The number of carboxylic acid groups (broad SMARTS) is 1. The molecular formula is C22H42O4. The van der Waals surface area contributed by atoms with Crippen molar-refractivity contribution in [1.29, 1.82) is 0 Å². The van der Waals surface area contributed by atoms with Crippen LogP contribution in [-0.4, -0.2) is 16.9 Å². The summed E-state index contributed by atoms with van der Waals surface area (Å²) >= 11 is 0. The van der Waals surface area contributed by atoms with Crippen LogP contribution >= 0.6 is 0 Å². The Labute approximate surface area is 161 Å². The summed E-state index contributed by atoms with van der Waals surface area (Å²) in [5.74, 6) is -2.66. The van der Waals surface area contributed by atoms with E-state index in [1.165, 1.54) is 32.1 Å². The molecule has 0 aromatic carbocycles. The zero-order valence-electron chi connectivity index (χ0n) is 18.4. The highest BCUT2D eigenvalue weighted by molar-refractivity contribution is 5.77. The zero-order chi connectivity index (χ0) is 20.2. The Balaban J connectivity index is 2.94. The van der Waals surface area contributed by atoms with E-state index in [9.17, 15) is 9.90 Å². The van der Waals surface area contributed by atoms with Crippen LogP contribution in [-0.2, 0) is 14.6 Å². The van der Waals surface area contributed by atoms with Crippen LogP contribution in [0, 0.1) is 22.2 Å². The molecule has 1 saturated heterocycles. The number of rotatable bonds is 11. The van der Waals surface area contributed by atoms with E-state index in [2.05, 4.69) is 55.4 Å². The Morgan fingerprint density at radius 3 is 1.62 bits per heavy atom. The molecule has 0 spiro atoms. The van der Waals surface area contributed by atoms with Crippen molar-refractivity contribution in [2.75, 3.05) is 0 Å². The van der Waals surface area contributed by atoms with Crippen LogP contribution in [0.2, 0.25) is 0 Å². The summed E-state index contributed by atoms with van der Waals surface area (Å²) in [5.41, 5.74) is -0.444. The summed E-state index contributed by atoms with van der Waals surface area (Å²) in [5, 5.41) is 9.82. The molecule has 1 aliphatic rings. The number of hydrogen-bond donors (Lipinski definition) is 1. The lowest BCUT2D eigenvalue weighted by Gasteiger charge is -2.56. The van der Waals surface area contributed by atoms with Crippen LogP contribution < -0.4 is 0 Å². The van der Waals surface area contributed by atoms with Gasteiger partial charge in [0.1, 0.15) is 0 Å². The van der Waals surface area contributed by atoms with Gasteiger partial charge in [-0.05, 0) is 22.7 Å². The molecule has 0 saturated carbocycles. The van der Waals surface area contributed by atoms with E-state index in [1.807, 2.05) is 0 Å². The van der Waals surface area contributed by atoms with Crippen molar-refractivity contribution in [1.82, 2.24) is 0 Å². The van der Waals surface area contributed by atoms with Gasteiger partial charge in [0.2, 0.25) is 0 Å². The second-order valence-corrected chi connectivity index (χ2v) is 10.3. The molecule has 0 aromatic rings. The summed E-state index contributed by atoms with van der Waals surface area (Å²) in [7, 11) is 0. The predicted molar refractivity (Wildman–Crippen MR) is 106 cm³/mol. The van der Waals surface area contributed by atoms with Gasteiger partial charge in [-0.3, -0.25) is 0 Å². The van der Waals surface area contributed by atoms with Crippen molar-refractivity contribution in [3.05, 3.63) is 0 Å². The average molecular weight is 371 g/mol. The van der Waals surface area contributed by atoms with Gasteiger partial charge >= 0.3 is 11.8 Å². The minimum atomic E-state index is -1.47. The van der Waals surface area contributed by atoms with E-state index in [-0.39, 0.29) is 22.2 Å². The lowest BCUT2D eigenvalue weighted by atomic mass is 9.48. The van der Waals surface area contributed by atoms with Gasteiger partial charge in [0.15, 0.2) is 0 Å². The highest BCUT2D eigenvalue weighted by Gasteiger charge is 2.70. The number of hydrogen-bond acceptors (Lipinski definition) is 3. The van der Waals surface area contributed by atoms with E-state index in [0.717, 1.165) is 19.3 Å². The second-order valence-electron chi connectivity index (χ2n) is 10.3. The summed E-state index contributed by atoms with van der Waals surface area (Å²) in [6, 6.07) is 0. The maximum Gasteiger partial charge on any atom is 0.370 e. The maximum atomic E-state index is 12.0. The Bertz CT molecular complexity index is 438. The van der Waals surface area contributed by atoms with Gasteiger partial charge in [-0.15, -0.1) is 0 Å². The minimum absolute atomic E-state index is 0.0885. The molecule has 1 unspecified atom stereocenters. The lowest BCUT2D eigenvalue weighted by molar-refractivity contribution is -0.159. The molecule has 0 bridgehead atoms. The first-order valence-electron chi connectivity index (χ1n) is 10.4. The van der Waals surface area contributed by atoms with Crippen LogP contribution in [0.25, 0.3) is 0 Å². The van der Waals surface area contributed by atoms with E-state index in [1.54, 1.807) is 0 Å². The molecule has 0 aliphatic carbocycles. The number of carboxylic acids is 1. The molecule has 1 aliphatic heterocycles. The third-order valence-electron chi connectivity index (χ3n) is 6.93. The molecule has 1 atom stereocenters. The standard InChI is InChI=1S/C22H42O4/c1-9-10-11-12-13-14-15-16-17(22(18(23)24)25-26-22)21(8,19(2,3)4)20(5,6)7/h17H,9-16H2,1-8H3,(H,23,24). The fraction of sp³-hybridized carbons (Fsp3) is 0.955. The quantitative estimate of drug-likeness (QED) is 0.253. The average Bonchev–Trinajstić information content (AvgIpc) is 3.28. The third-order valence-corrected chi connectivity index (χ3v) is 6.93. The first-order chi connectivity index (χ1) is 11.8. The van der Waals surface area contributed by atoms with Gasteiger partial charge in [-0.2, -0.15) is 9.78 Å². The molecule has 1 N–H and O–H groups in total. The molecule has 4 nitrogen and oxygen atoms in total. The molecule has 0 radical (unpaired) electrons. The third kappa shape index (κ3) is 4.81. The SMILES string of the molecule is CCCCCCCCCC(C1(C(=O)O)OO1)C(C)(C(C)(C)C)C(C)(C)C. The monoisotopic (exact) mass is 370 g/mol. The summed E-state index contributed by atoms with van der Waals surface area (Å²) < 4.78 is 0. The molecule has 4 heteroatoms. The van der Waals surface area contributed by atoms with Gasteiger partial charge in [0, 0.05) is 5.92 Å². The maximum absolute atomic E-state index is 12.0. The molecule has 0 amide bonds. The van der Waals surface area contributed by atoms with Crippen LogP contribution in [0.3, 0.4) is 0 Å². The van der Waals surface area contributed by atoms with Gasteiger partial charge in [0.05, 0.1) is 0 Å². The number of unbranched alkanes of at least 4 members (excludes halogenated alkanes) is 6. The van der Waals surface area contributed by atoms with E-state index in [4.69, 9.17) is 9.78 Å². The lowest BCUT2D eigenvalue weighted by Crippen LogP contribution is -2.55. The molecule has 1 fully saturated rings. The highest BCUT2D eigenvalue weighted by atomic mass is 17.4. The van der Waals surface area contributed by atoms with Crippen molar-refractivity contribution in [3.63, 3.8) is 0 Å². The van der Waals surface area contributed by atoms with Gasteiger partial charge < -0.3 is 5.11 Å². The van der Waals surface area contributed by atoms with Crippen molar-refractivity contribution in [2.24, 2.45) is 22.2 Å². The molecule has 154 valence electrons.